The third-order valence-electron chi connectivity index (χ3n) is 8.77. The summed E-state index contributed by atoms with van der Waals surface area (Å²) in [4.78, 5) is 48.6. The van der Waals surface area contributed by atoms with E-state index >= 15 is 0 Å². The predicted octanol–water partition coefficient (Wildman–Crippen LogP) is 14.1. The van der Waals surface area contributed by atoms with Gasteiger partial charge in [0.1, 0.15) is 0 Å². The number of hydrogen-bond acceptors (Lipinski definition) is 12. The van der Waals surface area contributed by atoms with Gasteiger partial charge in [-0.1, -0.05) is 115 Å². The third-order valence-corrected chi connectivity index (χ3v) is 11.7. The fraction of sp³-hybridized carbons (Fsp3) is 0.0943. The van der Waals surface area contributed by atoms with Crippen molar-refractivity contribution < 1.29 is 29.4 Å². The maximum absolute atomic E-state index is 10.9. The van der Waals surface area contributed by atoms with Crippen LogP contribution in [0.2, 0.25) is 0 Å². The number of nitrogens with one attached hydrogen (secondary N) is 2. The molecule has 8 rings (SSSR count). The molecule has 0 fully saturated rings. The van der Waals surface area contributed by atoms with Crippen molar-refractivity contribution >= 4 is 188 Å². The Kier molecular flexibility index (Phi) is 30.9. The van der Waals surface area contributed by atoms with Crippen LogP contribution < -0.4 is 45.0 Å². The monoisotopic (exact) mass is 1400 g/mol. The van der Waals surface area contributed by atoms with Crippen molar-refractivity contribution in [2.75, 3.05) is 45.0 Å². The summed E-state index contributed by atoms with van der Waals surface area (Å²) >= 11 is 19.9. The topological polar surface area (TPSA) is 314 Å². The number of carbonyl (C=O) groups is 4. The Morgan fingerprint density at radius 3 is 1.20 bits per heavy atom. The van der Waals surface area contributed by atoms with Crippen LogP contribution in [0.25, 0.3) is 0 Å². The average Bonchev–Trinajstić information content (AvgIpc) is 3.93. The molecular formula is C53H56Br6N10O6. The highest BCUT2D eigenvalue weighted by Crippen LogP contribution is 2.31. The molecule has 2 heterocycles. The summed E-state index contributed by atoms with van der Waals surface area (Å²) < 4.78 is 5.93. The van der Waals surface area contributed by atoms with Gasteiger partial charge in [-0.05, 0) is 139 Å². The zero-order valence-electron chi connectivity index (χ0n) is 40.8. The minimum Gasteiger partial charge on any atom is -0.481 e. The molecule has 0 aromatic heterocycles. The van der Waals surface area contributed by atoms with E-state index in [-0.39, 0.29) is 11.8 Å². The molecule has 396 valence electrons. The number of carboxylic acids is 2. The van der Waals surface area contributed by atoms with Crippen LogP contribution in [0.5, 0.6) is 0 Å². The number of hydrogen-bond donors (Lipinski definition) is 10. The van der Waals surface area contributed by atoms with Crippen molar-refractivity contribution in [2.24, 2.45) is 9.98 Å². The fourth-order valence-corrected chi connectivity index (χ4v) is 7.73. The first-order valence-corrected chi connectivity index (χ1v) is 26.2. The Hall–Kier alpha value is -6.56. The summed E-state index contributed by atoms with van der Waals surface area (Å²) in [6.07, 6.45) is 5.77. The van der Waals surface area contributed by atoms with Crippen molar-refractivity contribution in [1.29, 1.82) is 0 Å². The molecule has 0 saturated heterocycles. The highest BCUT2D eigenvalue weighted by molar-refractivity contribution is 9.11. The number of amides is 2. The van der Waals surface area contributed by atoms with Gasteiger partial charge in [-0.15, -0.1) is 0 Å². The molecular weight excluding hydrogens is 1350 g/mol. The van der Waals surface area contributed by atoms with Crippen LogP contribution in [0.1, 0.15) is 31.9 Å². The van der Waals surface area contributed by atoms with E-state index in [1.54, 1.807) is 54.6 Å². The van der Waals surface area contributed by atoms with Crippen LogP contribution in [-0.4, -0.2) is 45.4 Å². The van der Waals surface area contributed by atoms with Gasteiger partial charge in [0, 0.05) is 71.0 Å². The molecule has 0 atom stereocenters. The highest BCUT2D eigenvalue weighted by Gasteiger charge is 2.12. The first-order chi connectivity index (χ1) is 35.2. The molecule has 2 aliphatic heterocycles. The van der Waals surface area contributed by atoms with E-state index in [4.69, 9.17) is 49.4 Å². The smallest absolute Gasteiger partial charge is 0.327 e. The van der Waals surface area contributed by atoms with Crippen LogP contribution >= 0.6 is 95.6 Å². The SMILES string of the molecule is C=CC(=O)Nc1ccc(Br)cc1N.C=CC(=O)O.C=CC1=Nc2ccc(Br)cc2C1.CC(=O)Nc1ccc(Br)cc1N.CC(=O)O.CC1=Nc2ccc(Br)cc2C1.Nc1ccc(Br)cc1N.Nc1ccc(Br)cc1N. The Bertz CT molecular complexity index is 2990. The summed E-state index contributed by atoms with van der Waals surface area (Å²) in [6.45, 7) is 14.6. The number of nitrogen functional groups attached to an aromatic ring is 6. The van der Waals surface area contributed by atoms with E-state index < -0.39 is 11.9 Å². The maximum atomic E-state index is 10.9. The lowest BCUT2D eigenvalue weighted by atomic mass is 10.1. The maximum Gasteiger partial charge on any atom is 0.327 e. The molecule has 16 N–H and O–H groups in total. The van der Waals surface area contributed by atoms with E-state index in [2.05, 4.69) is 161 Å². The number of carbonyl (C=O) groups excluding carboxylic acids is 2. The highest BCUT2D eigenvalue weighted by atomic mass is 79.9. The molecule has 0 unspecified atom stereocenters. The number of benzene rings is 6. The molecule has 2 amide bonds. The molecule has 0 bridgehead atoms. The molecule has 6 aromatic carbocycles. The lowest BCUT2D eigenvalue weighted by Gasteiger charge is -2.05. The van der Waals surface area contributed by atoms with E-state index in [9.17, 15) is 14.4 Å². The van der Waals surface area contributed by atoms with Crippen molar-refractivity contribution in [3.8, 4) is 0 Å². The summed E-state index contributed by atoms with van der Waals surface area (Å²) in [5, 5.41) is 20.2. The quantitative estimate of drug-likeness (QED) is 0.0569. The van der Waals surface area contributed by atoms with E-state index in [1.165, 1.54) is 29.8 Å². The first kappa shape index (κ1) is 66.5. The second-order valence-electron chi connectivity index (χ2n) is 15.0. The van der Waals surface area contributed by atoms with Gasteiger partial charge < -0.3 is 55.2 Å². The lowest BCUT2D eigenvalue weighted by molar-refractivity contribution is -0.134. The van der Waals surface area contributed by atoms with Crippen LogP contribution in [-0.2, 0) is 32.0 Å². The largest absolute Gasteiger partial charge is 0.481 e. The van der Waals surface area contributed by atoms with Crippen molar-refractivity contribution in [3.63, 3.8) is 0 Å². The second-order valence-corrected chi connectivity index (χ2v) is 20.5. The zero-order chi connectivity index (χ0) is 56.9. The third kappa shape index (κ3) is 28.1. The number of nitrogens with two attached hydrogens (primary N) is 6. The van der Waals surface area contributed by atoms with Gasteiger partial charge >= 0.3 is 5.97 Å². The Morgan fingerprint density at radius 1 is 0.507 bits per heavy atom. The lowest BCUT2D eigenvalue weighted by Crippen LogP contribution is -2.09. The minimum atomic E-state index is -0.981. The van der Waals surface area contributed by atoms with Gasteiger partial charge in [-0.3, -0.25) is 24.4 Å². The molecule has 0 saturated carbocycles. The number of rotatable bonds is 5. The second kappa shape index (κ2) is 34.8. The van der Waals surface area contributed by atoms with Gasteiger partial charge in [0.05, 0.1) is 56.9 Å². The predicted molar refractivity (Wildman–Crippen MR) is 333 cm³/mol. The normalized spacial score (nSPS) is 10.5. The van der Waals surface area contributed by atoms with Crippen molar-refractivity contribution in [3.05, 3.63) is 185 Å². The molecule has 0 aliphatic carbocycles. The zero-order valence-corrected chi connectivity index (χ0v) is 50.3. The molecule has 22 heteroatoms. The molecule has 16 nitrogen and oxygen atoms in total. The van der Waals surface area contributed by atoms with Gasteiger partial charge in [0.2, 0.25) is 11.8 Å². The summed E-state index contributed by atoms with van der Waals surface area (Å²) in [7, 11) is 0. The average molecular weight is 1410 g/mol. The number of allylic oxidation sites excluding steroid dienone is 1. The number of aliphatic carboxylic acids is 2. The Morgan fingerprint density at radius 2 is 0.853 bits per heavy atom. The van der Waals surface area contributed by atoms with Gasteiger partial charge in [0.15, 0.2) is 0 Å². The Labute approximate surface area is 486 Å². The summed E-state index contributed by atoms with van der Waals surface area (Å²) in [5.41, 5.74) is 45.0. The van der Waals surface area contributed by atoms with Crippen molar-refractivity contribution in [2.45, 2.75) is 33.6 Å². The van der Waals surface area contributed by atoms with Gasteiger partial charge in [-0.25, -0.2) is 4.79 Å². The minimum absolute atomic E-state index is 0.121. The fourth-order valence-electron chi connectivity index (χ4n) is 5.40. The number of nitrogens with zero attached hydrogens (tertiary/aromatic N) is 2. The van der Waals surface area contributed by atoms with Gasteiger partial charge in [-0.2, -0.15) is 0 Å². The molecule has 75 heavy (non-hydrogen) atoms. The summed E-state index contributed by atoms with van der Waals surface area (Å²) in [5.74, 6) is -2.21. The number of anilines is 8. The number of fused-ring (bicyclic) bond motifs is 2. The molecule has 0 spiro atoms. The summed E-state index contributed by atoms with van der Waals surface area (Å²) in [6, 6.07) is 33.7. The molecule has 6 aromatic rings. The molecule has 0 radical (unpaired) electrons. The van der Waals surface area contributed by atoms with Gasteiger partial charge in [0.25, 0.3) is 5.97 Å². The van der Waals surface area contributed by atoms with E-state index in [1.807, 2.05) is 42.5 Å². The van der Waals surface area contributed by atoms with Crippen LogP contribution in [0.15, 0.2) is 184 Å². The van der Waals surface area contributed by atoms with E-state index in [0.717, 1.165) is 69.8 Å². The van der Waals surface area contributed by atoms with Crippen molar-refractivity contribution in [1.82, 2.24) is 0 Å². The standard InChI is InChI=1S/C10H8BrN.C9H9BrN2O.C9H8BrN.C8H9BrN2O.2C6H7BrN2.C3H4O2.C2H4O2/c1-2-9-6-7-5-8(11)3-4-10(7)12-9;1-2-9(13)12-8-4-3-6(10)5-7(8)11;1-6-4-7-5-8(10)2-3-9(7)11-6;1-5(12)11-8-3-2-6(9)4-7(8)10;2*7-4-1-2-5(8)6(9)3-4;1-2-3(4)5;1-2(3)4/h2-5H,1,6H2;2-5H,1,11H2,(H,12,13);2-3,5H,4H2,1H3;2-4H,10H2,1H3,(H,11,12);2*1-3H,8-9H2;2H,1H2,(H,4,5);1H3,(H,3,4). The number of aliphatic imine (C=N–C) groups is 2. The van der Waals surface area contributed by atoms with E-state index in [0.29, 0.717) is 45.5 Å². The number of halogens is 6. The number of carboxylic acid groups (broad SMARTS) is 2. The Balaban J connectivity index is 0.000000437. The van der Waals surface area contributed by atoms with Crippen LogP contribution in [0, 0.1) is 0 Å². The first-order valence-electron chi connectivity index (χ1n) is 21.5. The van der Waals surface area contributed by atoms with Crippen LogP contribution in [0.3, 0.4) is 0 Å². The molecule has 2 aliphatic rings. The van der Waals surface area contributed by atoms with Crippen LogP contribution in [0.4, 0.5) is 56.9 Å².